The molecule has 0 aliphatic carbocycles. The third-order valence-electron chi connectivity index (χ3n) is 2.85. The molecule has 0 fully saturated rings. The van der Waals surface area contributed by atoms with Crippen molar-refractivity contribution in [2.45, 2.75) is 0 Å². The second kappa shape index (κ2) is 4.91. The minimum Gasteiger partial charge on any atom is -0.388 e. The Labute approximate surface area is 103 Å². The molecule has 0 amide bonds. The lowest BCUT2D eigenvalue weighted by Gasteiger charge is -2.14. The second-order valence-corrected chi connectivity index (χ2v) is 4.28. The molecule has 0 saturated carbocycles. The molecule has 0 unspecified atom stereocenters. The van der Waals surface area contributed by atoms with E-state index in [9.17, 15) is 0 Å². The molecule has 0 aromatic heterocycles. The van der Waals surface area contributed by atoms with Crippen LogP contribution in [-0.2, 0) is 0 Å². The van der Waals surface area contributed by atoms with Gasteiger partial charge in [0.25, 0.3) is 0 Å². The van der Waals surface area contributed by atoms with E-state index in [1.54, 1.807) is 0 Å². The standard InChI is InChI=1S/C15H18N2/c1-16-14-8-4-6-12(10-14)13-7-5-9-15(11-13)17(2)3/h4-11,16H,1-3H3. The highest BCUT2D eigenvalue weighted by atomic mass is 15.1. The normalized spacial score (nSPS) is 10.1. The smallest absolute Gasteiger partial charge is 0.0367 e. The number of hydrogen-bond donors (Lipinski definition) is 1. The molecule has 1 N–H and O–H groups in total. The van der Waals surface area contributed by atoms with E-state index in [1.807, 2.05) is 7.05 Å². The van der Waals surface area contributed by atoms with Crippen LogP contribution in [0.4, 0.5) is 11.4 Å². The molecule has 2 heteroatoms. The van der Waals surface area contributed by atoms with Crippen LogP contribution in [0, 0.1) is 0 Å². The van der Waals surface area contributed by atoms with Crippen molar-refractivity contribution in [1.29, 1.82) is 0 Å². The van der Waals surface area contributed by atoms with Crippen LogP contribution >= 0.6 is 0 Å². The van der Waals surface area contributed by atoms with Crippen LogP contribution in [-0.4, -0.2) is 21.1 Å². The van der Waals surface area contributed by atoms with Crippen molar-refractivity contribution in [3.63, 3.8) is 0 Å². The summed E-state index contributed by atoms with van der Waals surface area (Å²) in [5, 5.41) is 3.16. The highest BCUT2D eigenvalue weighted by Gasteiger charge is 2.01. The SMILES string of the molecule is CNc1cccc(-c2cccc(N(C)C)c2)c1. The van der Waals surface area contributed by atoms with Gasteiger partial charge in [-0.3, -0.25) is 0 Å². The molecule has 0 atom stereocenters. The van der Waals surface area contributed by atoms with Gasteiger partial charge < -0.3 is 10.2 Å². The summed E-state index contributed by atoms with van der Waals surface area (Å²) in [6.45, 7) is 0. The van der Waals surface area contributed by atoms with Crippen molar-refractivity contribution >= 4 is 11.4 Å². The summed E-state index contributed by atoms with van der Waals surface area (Å²) in [5.41, 5.74) is 4.84. The summed E-state index contributed by atoms with van der Waals surface area (Å²) in [4.78, 5) is 2.12. The number of anilines is 2. The Morgan fingerprint density at radius 2 is 1.53 bits per heavy atom. The molecule has 88 valence electrons. The zero-order valence-electron chi connectivity index (χ0n) is 10.6. The summed E-state index contributed by atoms with van der Waals surface area (Å²) in [7, 11) is 6.06. The largest absolute Gasteiger partial charge is 0.388 e. The molecule has 2 rings (SSSR count). The molecule has 2 nitrogen and oxygen atoms in total. The van der Waals surface area contributed by atoms with Crippen LogP contribution in [0.3, 0.4) is 0 Å². The number of rotatable bonds is 3. The van der Waals surface area contributed by atoms with E-state index in [4.69, 9.17) is 0 Å². The first-order chi connectivity index (χ1) is 8.20. The average molecular weight is 226 g/mol. The van der Waals surface area contributed by atoms with Crippen LogP contribution in [0.15, 0.2) is 48.5 Å². The van der Waals surface area contributed by atoms with Gasteiger partial charge in [0.1, 0.15) is 0 Å². The van der Waals surface area contributed by atoms with Gasteiger partial charge in [-0.1, -0.05) is 24.3 Å². The number of hydrogen-bond acceptors (Lipinski definition) is 2. The Balaban J connectivity index is 2.41. The van der Waals surface area contributed by atoms with Gasteiger partial charge in [-0.2, -0.15) is 0 Å². The third-order valence-corrected chi connectivity index (χ3v) is 2.85. The van der Waals surface area contributed by atoms with Crippen LogP contribution in [0.1, 0.15) is 0 Å². The molecule has 0 aliphatic rings. The number of nitrogens with one attached hydrogen (secondary N) is 1. The van der Waals surface area contributed by atoms with Gasteiger partial charge in [0, 0.05) is 32.5 Å². The fraction of sp³-hybridized carbons (Fsp3) is 0.200. The van der Waals surface area contributed by atoms with Gasteiger partial charge in [0.05, 0.1) is 0 Å². The van der Waals surface area contributed by atoms with Crippen molar-refractivity contribution in [2.75, 3.05) is 31.4 Å². The quantitative estimate of drug-likeness (QED) is 0.862. The molecule has 17 heavy (non-hydrogen) atoms. The maximum Gasteiger partial charge on any atom is 0.0367 e. The van der Waals surface area contributed by atoms with E-state index >= 15 is 0 Å². The monoisotopic (exact) mass is 226 g/mol. The summed E-state index contributed by atoms with van der Waals surface area (Å²) in [6.07, 6.45) is 0. The summed E-state index contributed by atoms with van der Waals surface area (Å²) in [5.74, 6) is 0. The second-order valence-electron chi connectivity index (χ2n) is 4.28. The fourth-order valence-electron chi connectivity index (χ4n) is 1.82. The van der Waals surface area contributed by atoms with Crippen LogP contribution < -0.4 is 10.2 Å². The zero-order chi connectivity index (χ0) is 12.3. The Morgan fingerprint density at radius 3 is 2.18 bits per heavy atom. The van der Waals surface area contributed by atoms with E-state index in [2.05, 4.69) is 72.8 Å². The topological polar surface area (TPSA) is 15.3 Å². The molecule has 2 aromatic carbocycles. The lowest BCUT2D eigenvalue weighted by Crippen LogP contribution is -2.08. The number of nitrogens with zero attached hydrogens (tertiary/aromatic N) is 1. The zero-order valence-corrected chi connectivity index (χ0v) is 10.6. The van der Waals surface area contributed by atoms with Crippen molar-refractivity contribution in [3.05, 3.63) is 48.5 Å². The lowest BCUT2D eigenvalue weighted by molar-refractivity contribution is 1.13. The predicted molar refractivity (Wildman–Crippen MR) is 75.8 cm³/mol. The molecule has 2 aromatic rings. The van der Waals surface area contributed by atoms with Gasteiger partial charge in [-0.05, 0) is 35.4 Å². The Morgan fingerprint density at radius 1 is 0.882 bits per heavy atom. The highest BCUT2D eigenvalue weighted by Crippen LogP contribution is 2.25. The first-order valence-electron chi connectivity index (χ1n) is 5.76. The molecule has 0 bridgehead atoms. The summed E-state index contributed by atoms with van der Waals surface area (Å²) in [6, 6.07) is 17.0. The van der Waals surface area contributed by atoms with Crippen molar-refractivity contribution < 1.29 is 0 Å². The summed E-state index contributed by atoms with van der Waals surface area (Å²) < 4.78 is 0. The molecule has 0 spiro atoms. The fourth-order valence-corrected chi connectivity index (χ4v) is 1.82. The van der Waals surface area contributed by atoms with Crippen molar-refractivity contribution in [3.8, 4) is 11.1 Å². The van der Waals surface area contributed by atoms with Crippen molar-refractivity contribution in [2.24, 2.45) is 0 Å². The Bertz CT molecular complexity index is 504. The van der Waals surface area contributed by atoms with Gasteiger partial charge >= 0.3 is 0 Å². The van der Waals surface area contributed by atoms with E-state index in [-0.39, 0.29) is 0 Å². The minimum absolute atomic E-state index is 1.14. The van der Waals surface area contributed by atoms with Crippen LogP contribution in [0.25, 0.3) is 11.1 Å². The third kappa shape index (κ3) is 2.59. The molecule has 0 radical (unpaired) electrons. The minimum atomic E-state index is 1.14. The predicted octanol–water partition coefficient (Wildman–Crippen LogP) is 3.46. The van der Waals surface area contributed by atoms with Gasteiger partial charge in [-0.15, -0.1) is 0 Å². The molecule has 0 heterocycles. The Kier molecular flexibility index (Phi) is 3.33. The van der Waals surface area contributed by atoms with Crippen LogP contribution in [0.5, 0.6) is 0 Å². The maximum absolute atomic E-state index is 3.16. The van der Waals surface area contributed by atoms with Crippen LogP contribution in [0.2, 0.25) is 0 Å². The highest BCUT2D eigenvalue weighted by molar-refractivity contribution is 5.71. The lowest BCUT2D eigenvalue weighted by atomic mass is 10.0. The molecular formula is C15H18N2. The molecule has 0 aliphatic heterocycles. The van der Waals surface area contributed by atoms with E-state index in [1.165, 1.54) is 16.8 Å². The van der Waals surface area contributed by atoms with Crippen molar-refractivity contribution in [1.82, 2.24) is 0 Å². The van der Waals surface area contributed by atoms with E-state index in [0.29, 0.717) is 0 Å². The van der Waals surface area contributed by atoms with E-state index < -0.39 is 0 Å². The molecule has 0 saturated heterocycles. The first-order valence-corrected chi connectivity index (χ1v) is 5.76. The summed E-state index contributed by atoms with van der Waals surface area (Å²) >= 11 is 0. The Hall–Kier alpha value is -1.96. The maximum atomic E-state index is 3.16. The van der Waals surface area contributed by atoms with E-state index in [0.717, 1.165) is 5.69 Å². The molecular weight excluding hydrogens is 208 g/mol. The first kappa shape index (κ1) is 11.5. The van der Waals surface area contributed by atoms with Gasteiger partial charge in [0.15, 0.2) is 0 Å². The van der Waals surface area contributed by atoms with Gasteiger partial charge in [0.2, 0.25) is 0 Å². The average Bonchev–Trinajstić information content (AvgIpc) is 2.39. The number of benzene rings is 2. The van der Waals surface area contributed by atoms with Gasteiger partial charge in [-0.25, -0.2) is 0 Å².